The van der Waals surface area contributed by atoms with Gasteiger partial charge in [-0.15, -0.1) is 0 Å². The Hall–Kier alpha value is -5.66. The Bertz CT molecular complexity index is 2720. The molecule has 0 bridgehead atoms. The summed E-state index contributed by atoms with van der Waals surface area (Å²) in [6.45, 7) is 4.73. The van der Waals surface area contributed by atoms with Crippen molar-refractivity contribution >= 4 is 54.3 Å². The summed E-state index contributed by atoms with van der Waals surface area (Å²) < 4.78 is 6.55. The number of fused-ring (bicyclic) bond motifs is 11. The SMILES string of the molecule is CC1(C)c2ccc(-c3cccc4oc5c6ccccc6ccc5c34)cc2-c2c1ccc1c(-c3ccc4ccccc4c3)cccc21. The van der Waals surface area contributed by atoms with Crippen molar-refractivity contribution in [1.82, 2.24) is 0 Å². The van der Waals surface area contributed by atoms with Crippen LogP contribution in [0.25, 0.3) is 87.6 Å². The average molecular weight is 587 g/mol. The van der Waals surface area contributed by atoms with Gasteiger partial charge >= 0.3 is 0 Å². The lowest BCUT2D eigenvalue weighted by Gasteiger charge is -2.22. The maximum atomic E-state index is 6.55. The Balaban J connectivity index is 1.20. The Morgan fingerprint density at radius 3 is 2.02 bits per heavy atom. The van der Waals surface area contributed by atoms with E-state index in [0.717, 1.165) is 21.9 Å². The minimum atomic E-state index is -0.0936. The monoisotopic (exact) mass is 586 g/mol. The molecule has 0 fully saturated rings. The molecular formula is C45H30O. The molecule has 1 heterocycles. The van der Waals surface area contributed by atoms with E-state index < -0.39 is 0 Å². The summed E-state index contributed by atoms with van der Waals surface area (Å²) >= 11 is 0. The first-order chi connectivity index (χ1) is 22.6. The van der Waals surface area contributed by atoms with Gasteiger partial charge in [0.2, 0.25) is 0 Å². The van der Waals surface area contributed by atoms with Gasteiger partial charge in [-0.3, -0.25) is 0 Å². The van der Waals surface area contributed by atoms with E-state index in [-0.39, 0.29) is 5.41 Å². The molecule has 8 aromatic carbocycles. The fraction of sp³-hybridized carbons (Fsp3) is 0.0667. The second kappa shape index (κ2) is 9.19. The highest BCUT2D eigenvalue weighted by molar-refractivity contribution is 6.19. The van der Waals surface area contributed by atoms with Crippen LogP contribution in [0.5, 0.6) is 0 Å². The zero-order valence-corrected chi connectivity index (χ0v) is 25.8. The molecule has 0 unspecified atom stereocenters. The van der Waals surface area contributed by atoms with Crippen LogP contribution in [0, 0.1) is 0 Å². The third kappa shape index (κ3) is 3.46. The maximum Gasteiger partial charge on any atom is 0.143 e. The van der Waals surface area contributed by atoms with E-state index in [2.05, 4.69) is 159 Å². The van der Waals surface area contributed by atoms with Crippen LogP contribution >= 0.6 is 0 Å². The van der Waals surface area contributed by atoms with Crippen molar-refractivity contribution < 1.29 is 4.42 Å². The first-order valence-electron chi connectivity index (χ1n) is 16.1. The van der Waals surface area contributed by atoms with E-state index in [1.165, 1.54) is 76.8 Å². The minimum absolute atomic E-state index is 0.0936. The summed E-state index contributed by atoms with van der Waals surface area (Å²) in [4.78, 5) is 0. The molecule has 0 atom stereocenters. The molecule has 1 heteroatoms. The third-order valence-corrected chi connectivity index (χ3v) is 10.5. The highest BCUT2D eigenvalue weighted by Crippen LogP contribution is 2.53. The molecule has 9 aromatic rings. The van der Waals surface area contributed by atoms with Crippen molar-refractivity contribution in [2.24, 2.45) is 0 Å². The van der Waals surface area contributed by atoms with Crippen LogP contribution in [-0.2, 0) is 5.41 Å². The van der Waals surface area contributed by atoms with E-state index >= 15 is 0 Å². The predicted molar refractivity (Wildman–Crippen MR) is 195 cm³/mol. The molecule has 1 aromatic heterocycles. The lowest BCUT2D eigenvalue weighted by molar-refractivity contribution is 0.661. The number of benzene rings is 8. The van der Waals surface area contributed by atoms with Gasteiger partial charge in [-0.25, -0.2) is 0 Å². The van der Waals surface area contributed by atoms with Crippen LogP contribution in [-0.4, -0.2) is 0 Å². The zero-order valence-electron chi connectivity index (χ0n) is 25.8. The highest BCUT2D eigenvalue weighted by Gasteiger charge is 2.37. The fourth-order valence-corrected chi connectivity index (χ4v) is 8.18. The van der Waals surface area contributed by atoms with Gasteiger partial charge in [0.25, 0.3) is 0 Å². The van der Waals surface area contributed by atoms with Crippen molar-refractivity contribution in [3.63, 3.8) is 0 Å². The van der Waals surface area contributed by atoms with Gasteiger partial charge in [-0.1, -0.05) is 135 Å². The number of rotatable bonds is 2. The number of hydrogen-bond acceptors (Lipinski definition) is 1. The van der Waals surface area contributed by atoms with Gasteiger partial charge < -0.3 is 4.42 Å². The standard InChI is InChI=1S/C45H30O/c1-45(2)39-23-20-31(33-14-8-16-41-43(33)37-21-19-28-10-5-6-12-34(28)44(37)46-41)26-38(39)42-36-15-7-13-32(35(36)22-24-40(42)45)30-18-17-27-9-3-4-11-29(27)25-30/h3-26H,1-2H3. The summed E-state index contributed by atoms with van der Waals surface area (Å²) in [5, 5.41) is 9.83. The van der Waals surface area contributed by atoms with Gasteiger partial charge in [-0.2, -0.15) is 0 Å². The lowest BCUT2D eigenvalue weighted by atomic mass is 9.81. The summed E-state index contributed by atoms with van der Waals surface area (Å²) in [6, 6.07) is 53.4. The molecule has 0 radical (unpaired) electrons. The van der Waals surface area contributed by atoms with Crippen LogP contribution in [0.3, 0.4) is 0 Å². The Morgan fingerprint density at radius 1 is 0.435 bits per heavy atom. The van der Waals surface area contributed by atoms with Crippen molar-refractivity contribution in [3.8, 4) is 33.4 Å². The first kappa shape index (κ1) is 25.6. The van der Waals surface area contributed by atoms with Gasteiger partial charge in [0.15, 0.2) is 0 Å². The van der Waals surface area contributed by atoms with Crippen molar-refractivity contribution in [1.29, 1.82) is 0 Å². The van der Waals surface area contributed by atoms with E-state index in [0.29, 0.717) is 0 Å². The van der Waals surface area contributed by atoms with Gasteiger partial charge in [-0.05, 0) is 95.7 Å². The molecule has 1 aliphatic carbocycles. The van der Waals surface area contributed by atoms with E-state index in [1.54, 1.807) is 0 Å². The van der Waals surface area contributed by atoms with Gasteiger partial charge in [0, 0.05) is 21.6 Å². The summed E-state index contributed by atoms with van der Waals surface area (Å²) in [5.74, 6) is 0. The van der Waals surface area contributed by atoms with Crippen LogP contribution in [0.15, 0.2) is 150 Å². The molecule has 0 aliphatic heterocycles. The molecular weight excluding hydrogens is 556 g/mol. The predicted octanol–water partition coefficient (Wildman–Crippen LogP) is 12.7. The van der Waals surface area contributed by atoms with Gasteiger partial charge in [0.1, 0.15) is 11.2 Å². The Kier molecular flexibility index (Phi) is 5.12. The largest absolute Gasteiger partial charge is 0.455 e. The maximum absolute atomic E-state index is 6.55. The summed E-state index contributed by atoms with van der Waals surface area (Å²) in [7, 11) is 0. The van der Waals surface area contributed by atoms with Crippen molar-refractivity contribution in [2.45, 2.75) is 19.3 Å². The zero-order chi connectivity index (χ0) is 30.6. The molecule has 0 spiro atoms. The lowest BCUT2D eigenvalue weighted by Crippen LogP contribution is -2.14. The second-order valence-electron chi connectivity index (χ2n) is 13.3. The fourth-order valence-electron chi connectivity index (χ4n) is 8.18. The molecule has 0 saturated heterocycles. The smallest absolute Gasteiger partial charge is 0.143 e. The normalized spacial score (nSPS) is 13.6. The quantitative estimate of drug-likeness (QED) is 0.196. The van der Waals surface area contributed by atoms with Gasteiger partial charge in [0.05, 0.1) is 0 Å². The highest BCUT2D eigenvalue weighted by atomic mass is 16.3. The molecule has 1 aliphatic rings. The summed E-state index contributed by atoms with van der Waals surface area (Å²) in [6.07, 6.45) is 0. The molecule has 0 N–H and O–H groups in total. The van der Waals surface area contributed by atoms with Crippen molar-refractivity contribution in [2.75, 3.05) is 0 Å². The van der Waals surface area contributed by atoms with Crippen molar-refractivity contribution in [3.05, 3.63) is 157 Å². The molecule has 1 nitrogen and oxygen atoms in total. The van der Waals surface area contributed by atoms with Crippen LogP contribution < -0.4 is 0 Å². The average Bonchev–Trinajstić information content (AvgIpc) is 3.60. The third-order valence-electron chi connectivity index (χ3n) is 10.5. The van der Waals surface area contributed by atoms with Crippen LogP contribution in [0.4, 0.5) is 0 Å². The number of hydrogen-bond donors (Lipinski definition) is 0. The first-order valence-corrected chi connectivity index (χ1v) is 16.1. The number of furan rings is 1. The minimum Gasteiger partial charge on any atom is -0.455 e. The molecule has 46 heavy (non-hydrogen) atoms. The van der Waals surface area contributed by atoms with Crippen LogP contribution in [0.1, 0.15) is 25.0 Å². The van der Waals surface area contributed by atoms with E-state index in [1.807, 2.05) is 0 Å². The molecule has 216 valence electrons. The Labute approximate surface area is 267 Å². The van der Waals surface area contributed by atoms with Crippen LogP contribution in [0.2, 0.25) is 0 Å². The van der Waals surface area contributed by atoms with E-state index in [9.17, 15) is 0 Å². The molecule has 0 amide bonds. The second-order valence-corrected chi connectivity index (χ2v) is 13.3. The molecule has 10 rings (SSSR count). The Morgan fingerprint density at radius 2 is 1.11 bits per heavy atom. The topological polar surface area (TPSA) is 13.1 Å². The molecule has 0 saturated carbocycles. The summed E-state index contributed by atoms with van der Waals surface area (Å²) in [5.41, 5.74) is 12.2. The van der Waals surface area contributed by atoms with E-state index in [4.69, 9.17) is 4.42 Å².